The third kappa shape index (κ3) is 4.09. The van der Waals surface area contributed by atoms with Crippen LogP contribution in [-0.2, 0) is 12.8 Å². The van der Waals surface area contributed by atoms with Gasteiger partial charge in [-0.2, -0.15) is 0 Å². The largest absolute Gasteiger partial charge is 0.148 e. The Bertz CT molecular complexity index is 510. The van der Waals surface area contributed by atoms with Crippen molar-refractivity contribution in [3.05, 3.63) is 55.6 Å². The fourth-order valence-corrected chi connectivity index (χ4v) is 4.14. The van der Waals surface area contributed by atoms with Gasteiger partial charge in [0.05, 0.1) is 0 Å². The summed E-state index contributed by atoms with van der Waals surface area (Å²) in [5.41, 5.74) is 1.24. The van der Waals surface area contributed by atoms with E-state index in [0.29, 0.717) is 5.92 Å². The molecule has 0 saturated heterocycles. The molecule has 1 aromatic carbocycles. The summed E-state index contributed by atoms with van der Waals surface area (Å²) >= 11 is 15.1. The molecule has 4 heteroatoms. The lowest BCUT2D eigenvalue weighted by Crippen LogP contribution is -2.09. The molecule has 2 rings (SSSR count). The quantitative estimate of drug-likeness (QED) is 0.536. The van der Waals surface area contributed by atoms with Gasteiger partial charge in [-0.3, -0.25) is 0 Å². The van der Waals surface area contributed by atoms with Crippen LogP contribution >= 0.6 is 54.8 Å². The first kappa shape index (κ1) is 14.6. The van der Waals surface area contributed by atoms with Gasteiger partial charge in [-0.05, 0) is 52.4 Å². The Morgan fingerprint density at radius 1 is 1.22 bits per heavy atom. The third-order valence-electron chi connectivity index (χ3n) is 2.80. The van der Waals surface area contributed by atoms with Crippen molar-refractivity contribution in [2.45, 2.75) is 12.8 Å². The Morgan fingerprint density at radius 3 is 2.61 bits per heavy atom. The Morgan fingerprint density at radius 2 is 2.00 bits per heavy atom. The molecule has 1 atom stereocenters. The number of alkyl halides is 1. The van der Waals surface area contributed by atoms with Crippen molar-refractivity contribution >= 4 is 54.8 Å². The molecule has 18 heavy (non-hydrogen) atoms. The van der Waals surface area contributed by atoms with Crippen molar-refractivity contribution in [2.75, 3.05) is 5.33 Å². The zero-order valence-corrected chi connectivity index (χ0v) is 14.4. The predicted octanol–water partition coefficient (Wildman–Crippen LogP) is 5.96. The zero-order valence-electron chi connectivity index (χ0n) is 9.70. The zero-order chi connectivity index (χ0) is 13.0. The van der Waals surface area contributed by atoms with Crippen molar-refractivity contribution in [1.82, 2.24) is 0 Å². The summed E-state index contributed by atoms with van der Waals surface area (Å²) in [6, 6.07) is 10.3. The highest BCUT2D eigenvalue weighted by atomic mass is 79.9. The molecule has 0 fully saturated rings. The second-order valence-corrected chi connectivity index (χ2v) is 7.22. The van der Waals surface area contributed by atoms with Crippen molar-refractivity contribution in [3.8, 4) is 0 Å². The molecular weight excluding hydrogens is 395 g/mol. The van der Waals surface area contributed by atoms with E-state index in [1.54, 1.807) is 0 Å². The highest BCUT2D eigenvalue weighted by Gasteiger charge is 2.12. The maximum atomic E-state index is 6.21. The van der Waals surface area contributed by atoms with E-state index >= 15 is 0 Å². The first-order valence-corrected chi connectivity index (χ1v) is 8.88. The molecule has 1 heterocycles. The van der Waals surface area contributed by atoms with Gasteiger partial charge in [-0.1, -0.05) is 45.7 Å². The summed E-state index contributed by atoms with van der Waals surface area (Å²) in [5.74, 6) is 0.579. The van der Waals surface area contributed by atoms with Gasteiger partial charge in [-0.15, -0.1) is 11.3 Å². The SMILES string of the molecule is Clc1ccccc1CC(CBr)Cc1cc(Br)cs1. The van der Waals surface area contributed by atoms with Gasteiger partial charge in [0.15, 0.2) is 0 Å². The molecule has 0 saturated carbocycles. The van der Waals surface area contributed by atoms with Crippen molar-refractivity contribution in [1.29, 1.82) is 0 Å². The van der Waals surface area contributed by atoms with Crippen LogP contribution in [0.3, 0.4) is 0 Å². The van der Waals surface area contributed by atoms with Crippen LogP contribution in [0.1, 0.15) is 10.4 Å². The normalized spacial score (nSPS) is 12.6. The second kappa shape index (κ2) is 7.09. The summed E-state index contributed by atoms with van der Waals surface area (Å²) in [6.45, 7) is 0. The van der Waals surface area contributed by atoms with Gasteiger partial charge in [0.2, 0.25) is 0 Å². The minimum atomic E-state index is 0.579. The number of halogens is 3. The Balaban J connectivity index is 2.04. The average Bonchev–Trinajstić information content (AvgIpc) is 2.76. The summed E-state index contributed by atoms with van der Waals surface area (Å²) in [4.78, 5) is 1.42. The first-order valence-electron chi connectivity index (χ1n) is 5.71. The summed E-state index contributed by atoms with van der Waals surface area (Å²) < 4.78 is 1.17. The van der Waals surface area contributed by atoms with E-state index in [4.69, 9.17) is 11.6 Å². The van der Waals surface area contributed by atoms with Crippen molar-refractivity contribution in [2.24, 2.45) is 5.92 Å². The van der Waals surface area contributed by atoms with E-state index in [1.807, 2.05) is 29.5 Å². The topological polar surface area (TPSA) is 0 Å². The molecule has 2 aromatic rings. The van der Waals surface area contributed by atoms with Crippen LogP contribution in [0.5, 0.6) is 0 Å². The van der Waals surface area contributed by atoms with Gasteiger partial charge >= 0.3 is 0 Å². The molecule has 0 N–H and O–H groups in total. The van der Waals surface area contributed by atoms with E-state index in [0.717, 1.165) is 23.2 Å². The van der Waals surface area contributed by atoms with E-state index in [-0.39, 0.29) is 0 Å². The van der Waals surface area contributed by atoms with E-state index in [1.165, 1.54) is 14.9 Å². The maximum Gasteiger partial charge on any atom is 0.0438 e. The third-order valence-corrected chi connectivity index (χ3v) is 5.80. The monoisotopic (exact) mass is 406 g/mol. The molecule has 0 spiro atoms. The first-order chi connectivity index (χ1) is 8.69. The standard InChI is InChI=1S/C14H13Br2ClS/c15-8-10(6-13-7-12(16)9-18-13)5-11-3-1-2-4-14(11)17/h1-4,7,9-10H,5-6,8H2. The fraction of sp³-hybridized carbons (Fsp3) is 0.286. The molecule has 1 unspecified atom stereocenters. The number of hydrogen-bond acceptors (Lipinski definition) is 1. The molecule has 0 aliphatic rings. The van der Waals surface area contributed by atoms with Gasteiger partial charge in [0.1, 0.15) is 0 Å². The fourth-order valence-electron chi connectivity index (χ4n) is 1.90. The van der Waals surface area contributed by atoms with Crippen LogP contribution in [0.15, 0.2) is 40.2 Å². The molecule has 1 aromatic heterocycles. The van der Waals surface area contributed by atoms with Gasteiger partial charge in [0.25, 0.3) is 0 Å². The van der Waals surface area contributed by atoms with Crippen LogP contribution in [0, 0.1) is 5.92 Å². The highest BCUT2D eigenvalue weighted by molar-refractivity contribution is 9.10. The Kier molecular flexibility index (Phi) is 5.74. The van der Waals surface area contributed by atoms with E-state index in [2.05, 4.69) is 49.4 Å². The van der Waals surface area contributed by atoms with Crippen molar-refractivity contribution < 1.29 is 0 Å². The minimum Gasteiger partial charge on any atom is -0.148 e. The molecular formula is C14H13Br2ClS. The molecule has 0 radical (unpaired) electrons. The second-order valence-electron chi connectivity index (χ2n) is 4.25. The molecule has 0 bridgehead atoms. The van der Waals surface area contributed by atoms with Crippen LogP contribution in [0.2, 0.25) is 5.02 Å². The van der Waals surface area contributed by atoms with Crippen LogP contribution in [0.25, 0.3) is 0 Å². The molecule has 0 amide bonds. The maximum absolute atomic E-state index is 6.21. The van der Waals surface area contributed by atoms with Crippen molar-refractivity contribution in [3.63, 3.8) is 0 Å². The van der Waals surface area contributed by atoms with Crippen LogP contribution in [-0.4, -0.2) is 5.33 Å². The van der Waals surface area contributed by atoms with Gasteiger partial charge in [0, 0.05) is 25.1 Å². The summed E-state index contributed by atoms with van der Waals surface area (Å²) in [7, 11) is 0. The lowest BCUT2D eigenvalue weighted by molar-refractivity contribution is 0.596. The summed E-state index contributed by atoms with van der Waals surface area (Å²) in [5, 5.41) is 4.00. The smallest absolute Gasteiger partial charge is 0.0438 e. The molecule has 0 nitrogen and oxygen atoms in total. The minimum absolute atomic E-state index is 0.579. The number of rotatable bonds is 5. The number of benzene rings is 1. The van der Waals surface area contributed by atoms with E-state index in [9.17, 15) is 0 Å². The average molecular weight is 409 g/mol. The lowest BCUT2D eigenvalue weighted by atomic mass is 9.97. The molecule has 0 aliphatic carbocycles. The highest BCUT2D eigenvalue weighted by Crippen LogP contribution is 2.26. The van der Waals surface area contributed by atoms with Crippen LogP contribution in [0.4, 0.5) is 0 Å². The van der Waals surface area contributed by atoms with Gasteiger partial charge in [-0.25, -0.2) is 0 Å². The lowest BCUT2D eigenvalue weighted by Gasteiger charge is -2.14. The number of thiophene rings is 1. The number of hydrogen-bond donors (Lipinski definition) is 0. The predicted molar refractivity (Wildman–Crippen MR) is 88.2 cm³/mol. The van der Waals surface area contributed by atoms with E-state index < -0.39 is 0 Å². The molecule has 96 valence electrons. The van der Waals surface area contributed by atoms with Gasteiger partial charge < -0.3 is 0 Å². The van der Waals surface area contributed by atoms with Crippen LogP contribution < -0.4 is 0 Å². The Hall–Kier alpha value is 0.170. The Labute approximate surface area is 134 Å². The molecule has 0 aliphatic heterocycles. The summed E-state index contributed by atoms with van der Waals surface area (Å²) in [6.07, 6.45) is 2.10.